The number of hydrogen-bond donors (Lipinski definition) is 2. The van der Waals surface area contributed by atoms with Crippen molar-refractivity contribution in [3.63, 3.8) is 0 Å². The van der Waals surface area contributed by atoms with E-state index in [0.717, 1.165) is 0 Å². The Balaban J connectivity index is 3.96. The lowest BCUT2D eigenvalue weighted by Gasteiger charge is -2.15. The van der Waals surface area contributed by atoms with Crippen molar-refractivity contribution in [1.29, 1.82) is 0 Å². The maximum absolute atomic E-state index is 11.3. The van der Waals surface area contributed by atoms with Crippen LogP contribution in [0, 0.1) is 12.3 Å². The maximum Gasteiger partial charge on any atom is 0.238 e. The van der Waals surface area contributed by atoms with Crippen LogP contribution in [0.3, 0.4) is 0 Å². The standard InChI is InChI=1S/C9H16N2O/c1-5-6-8(10-4)9(12)11-7(2)3/h1,7-8,10H,6H2,2-4H3,(H,11,12). The number of likely N-dealkylation sites (N-methyl/N-ethyl adjacent to an activating group) is 1. The molecule has 1 unspecified atom stereocenters. The van der Waals surface area contributed by atoms with Crippen LogP contribution in [0.4, 0.5) is 0 Å². The number of terminal acetylenes is 1. The van der Waals surface area contributed by atoms with Gasteiger partial charge in [0, 0.05) is 12.5 Å². The van der Waals surface area contributed by atoms with Gasteiger partial charge in [0.05, 0.1) is 6.04 Å². The summed E-state index contributed by atoms with van der Waals surface area (Å²) in [5, 5.41) is 5.64. The van der Waals surface area contributed by atoms with E-state index >= 15 is 0 Å². The van der Waals surface area contributed by atoms with Crippen molar-refractivity contribution in [2.24, 2.45) is 0 Å². The molecule has 0 saturated carbocycles. The first-order valence-electron chi connectivity index (χ1n) is 4.03. The smallest absolute Gasteiger partial charge is 0.238 e. The number of amides is 1. The Morgan fingerprint density at radius 1 is 1.58 bits per heavy atom. The minimum atomic E-state index is -0.266. The highest BCUT2D eigenvalue weighted by atomic mass is 16.2. The third-order valence-corrected chi connectivity index (χ3v) is 1.42. The summed E-state index contributed by atoms with van der Waals surface area (Å²) in [5.74, 6) is 2.41. The van der Waals surface area contributed by atoms with E-state index in [4.69, 9.17) is 6.42 Å². The van der Waals surface area contributed by atoms with Gasteiger partial charge in [0.2, 0.25) is 5.91 Å². The lowest BCUT2D eigenvalue weighted by molar-refractivity contribution is -0.123. The van der Waals surface area contributed by atoms with Gasteiger partial charge >= 0.3 is 0 Å². The Hall–Kier alpha value is -1.01. The molecule has 12 heavy (non-hydrogen) atoms. The molecule has 0 aromatic carbocycles. The summed E-state index contributed by atoms with van der Waals surface area (Å²) in [6.45, 7) is 3.83. The molecule has 0 saturated heterocycles. The summed E-state index contributed by atoms with van der Waals surface area (Å²) >= 11 is 0. The SMILES string of the molecule is C#CCC(NC)C(=O)NC(C)C. The number of carbonyl (C=O) groups excluding carboxylic acids is 1. The van der Waals surface area contributed by atoms with Crippen molar-refractivity contribution < 1.29 is 4.79 Å². The third-order valence-electron chi connectivity index (χ3n) is 1.42. The summed E-state index contributed by atoms with van der Waals surface area (Å²) in [5.41, 5.74) is 0. The van der Waals surface area contributed by atoms with Gasteiger partial charge in [-0.05, 0) is 20.9 Å². The monoisotopic (exact) mass is 168 g/mol. The molecule has 3 nitrogen and oxygen atoms in total. The lowest BCUT2D eigenvalue weighted by atomic mass is 10.2. The topological polar surface area (TPSA) is 41.1 Å². The quantitative estimate of drug-likeness (QED) is 0.585. The second kappa shape index (κ2) is 5.62. The first-order chi connectivity index (χ1) is 5.61. The molecule has 3 heteroatoms. The predicted octanol–water partition coefficient (Wildman–Crippen LogP) is 0.122. The zero-order valence-electron chi connectivity index (χ0n) is 7.85. The molecule has 2 N–H and O–H groups in total. The summed E-state index contributed by atoms with van der Waals surface area (Å²) < 4.78 is 0. The molecule has 1 amide bonds. The number of rotatable bonds is 4. The van der Waals surface area contributed by atoms with Crippen LogP contribution in [-0.2, 0) is 4.79 Å². The van der Waals surface area contributed by atoms with Crippen molar-refractivity contribution >= 4 is 5.91 Å². The Morgan fingerprint density at radius 2 is 2.17 bits per heavy atom. The summed E-state index contributed by atoms with van der Waals surface area (Å²) in [7, 11) is 1.72. The number of nitrogens with one attached hydrogen (secondary N) is 2. The molecule has 0 heterocycles. The van der Waals surface area contributed by atoms with Gasteiger partial charge in [-0.15, -0.1) is 12.3 Å². The second-order valence-corrected chi connectivity index (χ2v) is 2.91. The molecule has 0 aromatic rings. The third kappa shape index (κ3) is 3.99. The van der Waals surface area contributed by atoms with E-state index in [1.165, 1.54) is 0 Å². The summed E-state index contributed by atoms with van der Waals surface area (Å²) in [6, 6.07) is -0.108. The van der Waals surface area contributed by atoms with E-state index in [-0.39, 0.29) is 18.0 Å². The first kappa shape index (κ1) is 11.0. The molecule has 0 spiro atoms. The van der Waals surface area contributed by atoms with Gasteiger partial charge in [-0.3, -0.25) is 4.79 Å². The van der Waals surface area contributed by atoms with E-state index < -0.39 is 0 Å². The average Bonchev–Trinajstić information content (AvgIpc) is 1.98. The molecule has 0 aliphatic carbocycles. The Bertz CT molecular complexity index is 181. The Kier molecular flexibility index (Phi) is 5.14. The maximum atomic E-state index is 11.3. The summed E-state index contributed by atoms with van der Waals surface area (Å²) in [4.78, 5) is 11.3. The van der Waals surface area contributed by atoms with Gasteiger partial charge in [-0.2, -0.15) is 0 Å². The van der Waals surface area contributed by atoms with Crippen LogP contribution in [0.1, 0.15) is 20.3 Å². The molecule has 0 rings (SSSR count). The highest BCUT2D eigenvalue weighted by Crippen LogP contribution is 1.90. The van der Waals surface area contributed by atoms with Crippen LogP contribution in [0.5, 0.6) is 0 Å². The van der Waals surface area contributed by atoms with Gasteiger partial charge in [-0.25, -0.2) is 0 Å². The fraction of sp³-hybridized carbons (Fsp3) is 0.667. The van der Waals surface area contributed by atoms with Gasteiger partial charge < -0.3 is 10.6 Å². The molecular formula is C9H16N2O. The van der Waals surface area contributed by atoms with E-state index in [0.29, 0.717) is 6.42 Å². The molecule has 0 aromatic heterocycles. The first-order valence-corrected chi connectivity index (χ1v) is 4.03. The van der Waals surface area contributed by atoms with Gasteiger partial charge in [-0.1, -0.05) is 0 Å². The van der Waals surface area contributed by atoms with Gasteiger partial charge in [0.1, 0.15) is 0 Å². The molecule has 0 aliphatic rings. The van der Waals surface area contributed by atoms with Crippen LogP contribution >= 0.6 is 0 Å². The number of hydrogen-bond acceptors (Lipinski definition) is 2. The minimum Gasteiger partial charge on any atom is -0.353 e. The zero-order chi connectivity index (χ0) is 9.56. The molecule has 0 fully saturated rings. The van der Waals surface area contributed by atoms with Crippen molar-refractivity contribution in [2.45, 2.75) is 32.4 Å². The normalized spacial score (nSPS) is 12.2. The van der Waals surface area contributed by atoms with Crippen LogP contribution in [0.25, 0.3) is 0 Å². The number of carbonyl (C=O) groups is 1. The fourth-order valence-corrected chi connectivity index (χ4v) is 0.829. The minimum absolute atomic E-state index is 0.0366. The van der Waals surface area contributed by atoms with Crippen LogP contribution in [-0.4, -0.2) is 25.0 Å². The molecule has 0 radical (unpaired) electrons. The highest BCUT2D eigenvalue weighted by Gasteiger charge is 2.14. The fourth-order valence-electron chi connectivity index (χ4n) is 0.829. The van der Waals surface area contributed by atoms with E-state index in [9.17, 15) is 4.79 Å². The highest BCUT2D eigenvalue weighted by molar-refractivity contribution is 5.82. The van der Waals surface area contributed by atoms with Gasteiger partial charge in [0.15, 0.2) is 0 Å². The van der Waals surface area contributed by atoms with Crippen molar-refractivity contribution in [3.8, 4) is 12.3 Å². The lowest BCUT2D eigenvalue weighted by Crippen LogP contribution is -2.44. The van der Waals surface area contributed by atoms with Crippen molar-refractivity contribution in [1.82, 2.24) is 10.6 Å². The second-order valence-electron chi connectivity index (χ2n) is 2.91. The molecule has 68 valence electrons. The van der Waals surface area contributed by atoms with Crippen molar-refractivity contribution in [2.75, 3.05) is 7.05 Å². The van der Waals surface area contributed by atoms with E-state index in [2.05, 4.69) is 16.6 Å². The largest absolute Gasteiger partial charge is 0.353 e. The Morgan fingerprint density at radius 3 is 2.50 bits per heavy atom. The average molecular weight is 168 g/mol. The van der Waals surface area contributed by atoms with Crippen LogP contribution in [0.15, 0.2) is 0 Å². The van der Waals surface area contributed by atoms with Crippen LogP contribution in [0.2, 0.25) is 0 Å². The molecule has 0 aliphatic heterocycles. The van der Waals surface area contributed by atoms with E-state index in [1.54, 1.807) is 7.05 Å². The molecule has 1 atom stereocenters. The molecular weight excluding hydrogens is 152 g/mol. The Labute approximate surface area is 73.9 Å². The van der Waals surface area contributed by atoms with Crippen molar-refractivity contribution in [3.05, 3.63) is 0 Å². The predicted molar refractivity (Wildman–Crippen MR) is 49.6 cm³/mol. The zero-order valence-corrected chi connectivity index (χ0v) is 7.85. The van der Waals surface area contributed by atoms with Gasteiger partial charge in [0.25, 0.3) is 0 Å². The van der Waals surface area contributed by atoms with E-state index in [1.807, 2.05) is 13.8 Å². The molecule has 0 bridgehead atoms. The summed E-state index contributed by atoms with van der Waals surface area (Å²) in [6.07, 6.45) is 5.53. The van der Waals surface area contributed by atoms with Crippen LogP contribution < -0.4 is 10.6 Å².